The van der Waals surface area contributed by atoms with E-state index in [0.29, 0.717) is 23.2 Å². The maximum Gasteiger partial charge on any atom is 0.339 e. The first-order valence-corrected chi connectivity index (χ1v) is 7.99. The SMILES string of the molecule is COC(=O)c1cc(NC(=O)CCc2nc(-c3ccco3)no2)ccc1Cl. The molecule has 0 atom stereocenters. The molecule has 2 heterocycles. The van der Waals surface area contributed by atoms with Gasteiger partial charge in [0.2, 0.25) is 17.6 Å². The molecule has 3 rings (SSSR count). The minimum Gasteiger partial charge on any atom is -0.465 e. The molecule has 0 spiro atoms. The zero-order valence-electron chi connectivity index (χ0n) is 13.7. The van der Waals surface area contributed by atoms with E-state index in [2.05, 4.69) is 20.2 Å². The van der Waals surface area contributed by atoms with Crippen LogP contribution in [0.15, 0.2) is 45.5 Å². The minimum absolute atomic E-state index is 0.121. The summed E-state index contributed by atoms with van der Waals surface area (Å²) < 4.78 is 14.9. The summed E-state index contributed by atoms with van der Waals surface area (Å²) in [6.07, 6.45) is 1.89. The van der Waals surface area contributed by atoms with E-state index in [1.54, 1.807) is 18.2 Å². The highest BCUT2D eigenvalue weighted by Gasteiger charge is 2.14. The number of aromatic nitrogens is 2. The molecule has 0 bridgehead atoms. The summed E-state index contributed by atoms with van der Waals surface area (Å²) in [5.74, 6) is 0.271. The highest BCUT2D eigenvalue weighted by molar-refractivity contribution is 6.33. The second-order valence-corrected chi connectivity index (χ2v) is 5.63. The van der Waals surface area contributed by atoms with Crippen LogP contribution in [0.5, 0.6) is 0 Å². The van der Waals surface area contributed by atoms with Gasteiger partial charge < -0.3 is 19.0 Å². The van der Waals surface area contributed by atoms with Crippen LogP contribution in [0.25, 0.3) is 11.6 Å². The Morgan fingerprint density at radius 1 is 1.31 bits per heavy atom. The topological polar surface area (TPSA) is 107 Å². The van der Waals surface area contributed by atoms with Crippen LogP contribution in [0.2, 0.25) is 5.02 Å². The standard InChI is InChI=1S/C17H14ClN3O5/c1-24-17(23)11-9-10(4-5-12(11)18)19-14(22)6-7-15-20-16(21-26-15)13-3-2-8-25-13/h2-5,8-9H,6-7H2,1H3,(H,19,22). The monoisotopic (exact) mass is 375 g/mol. The highest BCUT2D eigenvalue weighted by Crippen LogP contribution is 2.22. The second-order valence-electron chi connectivity index (χ2n) is 5.22. The molecule has 1 aromatic carbocycles. The Labute approximate surface area is 153 Å². The van der Waals surface area contributed by atoms with Crippen molar-refractivity contribution in [1.82, 2.24) is 10.1 Å². The average Bonchev–Trinajstić information content (AvgIpc) is 3.32. The molecule has 0 saturated heterocycles. The smallest absolute Gasteiger partial charge is 0.339 e. The molecule has 1 N–H and O–H groups in total. The Hall–Kier alpha value is -3.13. The first kappa shape index (κ1) is 17.7. The van der Waals surface area contributed by atoms with Gasteiger partial charge in [0, 0.05) is 18.5 Å². The van der Waals surface area contributed by atoms with Gasteiger partial charge in [-0.2, -0.15) is 4.98 Å². The van der Waals surface area contributed by atoms with E-state index < -0.39 is 5.97 Å². The number of halogens is 1. The predicted molar refractivity (Wildman–Crippen MR) is 91.7 cm³/mol. The van der Waals surface area contributed by atoms with E-state index in [1.807, 2.05) is 0 Å². The van der Waals surface area contributed by atoms with E-state index in [-0.39, 0.29) is 29.3 Å². The molecule has 0 aliphatic carbocycles. The number of hydrogen-bond donors (Lipinski definition) is 1. The average molecular weight is 376 g/mol. The Morgan fingerprint density at radius 3 is 2.88 bits per heavy atom. The Morgan fingerprint density at radius 2 is 2.15 bits per heavy atom. The van der Waals surface area contributed by atoms with Crippen molar-refractivity contribution in [3.05, 3.63) is 53.1 Å². The molecule has 0 radical (unpaired) electrons. The fourth-order valence-electron chi connectivity index (χ4n) is 2.18. The third-order valence-corrected chi connectivity index (χ3v) is 3.76. The number of amides is 1. The van der Waals surface area contributed by atoms with Crippen LogP contribution in [0.4, 0.5) is 5.69 Å². The van der Waals surface area contributed by atoms with Crippen LogP contribution < -0.4 is 5.32 Å². The number of hydrogen-bond acceptors (Lipinski definition) is 7. The van der Waals surface area contributed by atoms with Gasteiger partial charge in [0.05, 0.1) is 24.0 Å². The van der Waals surface area contributed by atoms with Crippen molar-refractivity contribution in [1.29, 1.82) is 0 Å². The van der Waals surface area contributed by atoms with Gasteiger partial charge in [-0.25, -0.2) is 4.79 Å². The van der Waals surface area contributed by atoms with Gasteiger partial charge in [-0.1, -0.05) is 16.8 Å². The number of furan rings is 1. The second kappa shape index (κ2) is 7.83. The number of carbonyl (C=O) groups is 2. The van der Waals surface area contributed by atoms with Crippen LogP contribution >= 0.6 is 11.6 Å². The summed E-state index contributed by atoms with van der Waals surface area (Å²) >= 11 is 5.94. The lowest BCUT2D eigenvalue weighted by Crippen LogP contribution is -2.13. The van der Waals surface area contributed by atoms with Crippen molar-refractivity contribution in [2.75, 3.05) is 12.4 Å². The quantitative estimate of drug-likeness (QED) is 0.658. The summed E-state index contributed by atoms with van der Waals surface area (Å²) in [6, 6.07) is 7.98. The molecule has 3 aromatic rings. The van der Waals surface area contributed by atoms with Gasteiger partial charge in [0.1, 0.15) is 0 Å². The number of carbonyl (C=O) groups excluding carboxylic acids is 2. The lowest BCUT2D eigenvalue weighted by atomic mass is 10.2. The molecule has 134 valence electrons. The van der Waals surface area contributed by atoms with E-state index >= 15 is 0 Å². The van der Waals surface area contributed by atoms with Crippen LogP contribution in [0, 0.1) is 0 Å². The molecule has 0 fully saturated rings. The summed E-state index contributed by atoms with van der Waals surface area (Å²) in [5.41, 5.74) is 0.605. The summed E-state index contributed by atoms with van der Waals surface area (Å²) in [4.78, 5) is 27.9. The molecule has 8 nitrogen and oxygen atoms in total. The minimum atomic E-state index is -0.581. The lowest BCUT2D eigenvalue weighted by molar-refractivity contribution is -0.116. The number of benzene rings is 1. The molecule has 26 heavy (non-hydrogen) atoms. The third-order valence-electron chi connectivity index (χ3n) is 3.43. The van der Waals surface area contributed by atoms with Crippen molar-refractivity contribution in [3.8, 4) is 11.6 Å². The molecule has 0 unspecified atom stereocenters. The van der Waals surface area contributed by atoms with Gasteiger partial charge in [0.25, 0.3) is 0 Å². The van der Waals surface area contributed by atoms with E-state index in [1.165, 1.54) is 25.5 Å². The fraction of sp³-hybridized carbons (Fsp3) is 0.176. The molecule has 0 saturated carbocycles. The molecule has 0 aliphatic heterocycles. The Bertz CT molecular complexity index is 920. The van der Waals surface area contributed by atoms with Crippen LogP contribution in [-0.4, -0.2) is 29.1 Å². The van der Waals surface area contributed by atoms with Crippen molar-refractivity contribution in [2.24, 2.45) is 0 Å². The maximum atomic E-state index is 12.1. The molecule has 2 aromatic heterocycles. The van der Waals surface area contributed by atoms with E-state index in [4.69, 9.17) is 20.5 Å². The number of aryl methyl sites for hydroxylation is 1. The summed E-state index contributed by atoms with van der Waals surface area (Å²) in [6.45, 7) is 0. The zero-order valence-corrected chi connectivity index (χ0v) is 14.4. The number of ether oxygens (including phenoxy) is 1. The van der Waals surface area contributed by atoms with Crippen molar-refractivity contribution in [2.45, 2.75) is 12.8 Å². The number of nitrogens with zero attached hydrogens (tertiary/aromatic N) is 2. The van der Waals surface area contributed by atoms with Crippen molar-refractivity contribution in [3.63, 3.8) is 0 Å². The summed E-state index contributed by atoms with van der Waals surface area (Å²) in [5, 5.41) is 6.71. The maximum absolute atomic E-state index is 12.1. The van der Waals surface area contributed by atoms with E-state index in [0.717, 1.165) is 0 Å². The van der Waals surface area contributed by atoms with E-state index in [9.17, 15) is 9.59 Å². The first-order valence-electron chi connectivity index (χ1n) is 7.61. The van der Waals surface area contributed by atoms with Gasteiger partial charge in [0.15, 0.2) is 5.76 Å². The zero-order chi connectivity index (χ0) is 18.5. The van der Waals surface area contributed by atoms with Crippen molar-refractivity contribution < 1.29 is 23.3 Å². The highest BCUT2D eigenvalue weighted by atomic mass is 35.5. The molecular weight excluding hydrogens is 362 g/mol. The van der Waals surface area contributed by atoms with Crippen LogP contribution in [-0.2, 0) is 16.0 Å². The van der Waals surface area contributed by atoms with Gasteiger partial charge in [-0.15, -0.1) is 0 Å². The van der Waals surface area contributed by atoms with Gasteiger partial charge in [-0.05, 0) is 30.3 Å². The lowest BCUT2D eigenvalue weighted by Gasteiger charge is -2.07. The molecule has 0 aliphatic rings. The normalized spacial score (nSPS) is 10.5. The Balaban J connectivity index is 1.59. The number of rotatable bonds is 6. The fourth-order valence-corrected chi connectivity index (χ4v) is 2.37. The van der Waals surface area contributed by atoms with Crippen LogP contribution in [0.3, 0.4) is 0 Å². The molecule has 9 heteroatoms. The molecule has 1 amide bonds. The number of nitrogens with one attached hydrogen (secondary N) is 1. The van der Waals surface area contributed by atoms with Gasteiger partial charge in [-0.3, -0.25) is 4.79 Å². The van der Waals surface area contributed by atoms with Crippen LogP contribution in [0.1, 0.15) is 22.7 Å². The summed E-state index contributed by atoms with van der Waals surface area (Å²) in [7, 11) is 1.26. The molecular formula is C17H14ClN3O5. The number of esters is 1. The third kappa shape index (κ3) is 4.09. The largest absolute Gasteiger partial charge is 0.465 e. The Kier molecular flexibility index (Phi) is 5.33. The predicted octanol–water partition coefficient (Wildman–Crippen LogP) is 3.34. The first-order chi connectivity index (χ1) is 12.6. The number of methoxy groups -OCH3 is 1. The van der Waals surface area contributed by atoms with Crippen molar-refractivity contribution >= 4 is 29.2 Å². The number of anilines is 1. The van der Waals surface area contributed by atoms with Gasteiger partial charge >= 0.3 is 5.97 Å².